The molecule has 0 fully saturated rings. The number of nitrogens with zero attached hydrogens (tertiary/aromatic N) is 2. The summed E-state index contributed by atoms with van der Waals surface area (Å²) < 4.78 is 0. The van der Waals surface area contributed by atoms with Crippen LogP contribution in [0.3, 0.4) is 0 Å². The molecular formula is C7H10N4O2. The van der Waals surface area contributed by atoms with Gasteiger partial charge in [-0.05, 0) is 0 Å². The van der Waals surface area contributed by atoms with Crippen LogP contribution in [0.1, 0.15) is 13.3 Å². The maximum atomic E-state index is 10.9. The number of hydrogen-bond acceptors (Lipinski definition) is 5. The van der Waals surface area contributed by atoms with Gasteiger partial charge < -0.3 is 10.8 Å². The summed E-state index contributed by atoms with van der Waals surface area (Å²) in [4.78, 5) is 18.1. The van der Waals surface area contributed by atoms with Gasteiger partial charge in [-0.2, -0.15) is 4.98 Å². The molecule has 0 atom stereocenters. The van der Waals surface area contributed by atoms with E-state index in [9.17, 15) is 4.79 Å². The van der Waals surface area contributed by atoms with E-state index in [2.05, 4.69) is 15.3 Å². The zero-order valence-electron chi connectivity index (χ0n) is 7.11. The molecule has 1 rings (SSSR count). The molecule has 1 aromatic heterocycles. The van der Waals surface area contributed by atoms with Crippen LogP contribution in [0.25, 0.3) is 0 Å². The van der Waals surface area contributed by atoms with Crippen LogP contribution in [0.5, 0.6) is 5.88 Å². The third-order valence-corrected chi connectivity index (χ3v) is 1.37. The number of carbonyl (C=O) groups is 1. The molecule has 1 amide bonds. The van der Waals surface area contributed by atoms with Crippen molar-refractivity contribution in [1.29, 1.82) is 0 Å². The van der Waals surface area contributed by atoms with Gasteiger partial charge in [0.15, 0.2) is 0 Å². The number of hydrogen-bond donors (Lipinski definition) is 3. The second-order valence-corrected chi connectivity index (χ2v) is 2.37. The highest BCUT2D eigenvalue weighted by Gasteiger charge is 2.04. The molecule has 0 spiro atoms. The monoisotopic (exact) mass is 182 g/mol. The van der Waals surface area contributed by atoms with Gasteiger partial charge >= 0.3 is 0 Å². The number of rotatable bonds is 2. The van der Waals surface area contributed by atoms with E-state index >= 15 is 0 Å². The molecule has 6 nitrogen and oxygen atoms in total. The Morgan fingerprint density at radius 3 is 3.00 bits per heavy atom. The topological polar surface area (TPSA) is 101 Å². The van der Waals surface area contributed by atoms with E-state index in [0.717, 1.165) is 0 Å². The molecule has 0 bridgehead atoms. The van der Waals surface area contributed by atoms with Crippen molar-refractivity contribution in [3.05, 3.63) is 6.20 Å². The first-order valence-corrected chi connectivity index (χ1v) is 3.74. The number of carbonyl (C=O) groups excluding carboxylic acids is 1. The number of amides is 1. The fraction of sp³-hybridized carbons (Fsp3) is 0.286. The van der Waals surface area contributed by atoms with Crippen LogP contribution < -0.4 is 11.1 Å². The first-order chi connectivity index (χ1) is 6.13. The minimum absolute atomic E-state index is 0.0542. The van der Waals surface area contributed by atoms with E-state index in [1.807, 2.05) is 0 Å². The van der Waals surface area contributed by atoms with Crippen molar-refractivity contribution in [3.8, 4) is 5.88 Å². The summed E-state index contributed by atoms with van der Waals surface area (Å²) in [6, 6.07) is 0. The van der Waals surface area contributed by atoms with Crippen LogP contribution >= 0.6 is 0 Å². The molecule has 13 heavy (non-hydrogen) atoms. The number of aromatic nitrogens is 2. The Labute approximate surface area is 74.8 Å². The van der Waals surface area contributed by atoms with E-state index in [4.69, 9.17) is 10.8 Å². The standard InChI is InChI=1S/C7H10N4O2/c1-2-5(12)10-7-9-3-4(8)6(13)11-7/h3H,2,8H2,1H3,(H2,9,10,11,12,13). The van der Waals surface area contributed by atoms with Crippen molar-refractivity contribution in [2.45, 2.75) is 13.3 Å². The summed E-state index contributed by atoms with van der Waals surface area (Å²) in [7, 11) is 0. The summed E-state index contributed by atoms with van der Waals surface area (Å²) >= 11 is 0. The largest absolute Gasteiger partial charge is 0.492 e. The van der Waals surface area contributed by atoms with Gasteiger partial charge in [-0.3, -0.25) is 10.1 Å². The zero-order chi connectivity index (χ0) is 9.84. The molecule has 0 saturated carbocycles. The summed E-state index contributed by atoms with van der Waals surface area (Å²) in [5, 5.41) is 11.4. The van der Waals surface area contributed by atoms with Crippen LogP contribution in [0, 0.1) is 0 Å². The lowest BCUT2D eigenvalue weighted by Crippen LogP contribution is -2.12. The third kappa shape index (κ3) is 2.29. The lowest BCUT2D eigenvalue weighted by atomic mass is 10.4. The molecule has 0 unspecified atom stereocenters. The lowest BCUT2D eigenvalue weighted by molar-refractivity contribution is -0.115. The Morgan fingerprint density at radius 2 is 2.46 bits per heavy atom. The molecule has 0 aliphatic carbocycles. The van der Waals surface area contributed by atoms with Gasteiger partial charge in [0.2, 0.25) is 17.7 Å². The van der Waals surface area contributed by atoms with E-state index < -0.39 is 0 Å². The van der Waals surface area contributed by atoms with E-state index in [0.29, 0.717) is 6.42 Å². The summed E-state index contributed by atoms with van der Waals surface area (Å²) in [5.74, 6) is -0.496. The van der Waals surface area contributed by atoms with Gasteiger partial charge in [0.05, 0.1) is 6.20 Å². The summed E-state index contributed by atoms with van der Waals surface area (Å²) in [6.45, 7) is 1.70. The smallest absolute Gasteiger partial charge is 0.239 e. The quantitative estimate of drug-likeness (QED) is 0.602. The van der Waals surface area contributed by atoms with Crippen molar-refractivity contribution >= 4 is 17.5 Å². The van der Waals surface area contributed by atoms with Crippen LogP contribution in [-0.2, 0) is 4.79 Å². The number of nitrogen functional groups attached to an aromatic ring is 1. The predicted molar refractivity (Wildman–Crippen MR) is 47.0 cm³/mol. The predicted octanol–water partition coefficient (Wildman–Crippen LogP) is 0.113. The van der Waals surface area contributed by atoms with Crippen LogP contribution in [0.15, 0.2) is 6.20 Å². The second kappa shape index (κ2) is 3.70. The Hall–Kier alpha value is -1.85. The maximum absolute atomic E-state index is 10.9. The Kier molecular flexibility index (Phi) is 2.63. The van der Waals surface area contributed by atoms with Gasteiger partial charge in [-0.15, -0.1) is 0 Å². The Balaban J connectivity index is 2.79. The molecule has 1 heterocycles. The average molecular weight is 182 g/mol. The van der Waals surface area contributed by atoms with Crippen LogP contribution in [0.4, 0.5) is 11.6 Å². The summed E-state index contributed by atoms with van der Waals surface area (Å²) in [5.41, 5.74) is 5.34. The Bertz CT molecular complexity index is 326. The van der Waals surface area contributed by atoms with Gasteiger partial charge in [0.25, 0.3) is 0 Å². The minimum Gasteiger partial charge on any atom is -0.492 e. The molecule has 0 aliphatic rings. The SMILES string of the molecule is CCC(=O)Nc1ncc(N)c(O)n1. The lowest BCUT2D eigenvalue weighted by Gasteiger charge is -2.02. The molecule has 1 aromatic rings. The molecule has 4 N–H and O–H groups in total. The fourth-order valence-electron chi connectivity index (χ4n) is 0.655. The van der Waals surface area contributed by atoms with E-state index in [1.165, 1.54) is 6.20 Å². The highest BCUT2D eigenvalue weighted by atomic mass is 16.3. The average Bonchev–Trinajstić information content (AvgIpc) is 2.11. The molecule has 6 heteroatoms. The van der Waals surface area contributed by atoms with Gasteiger partial charge in [0.1, 0.15) is 5.69 Å². The minimum atomic E-state index is -0.332. The maximum Gasteiger partial charge on any atom is 0.239 e. The summed E-state index contributed by atoms with van der Waals surface area (Å²) in [6.07, 6.45) is 1.56. The molecular weight excluding hydrogens is 172 g/mol. The first-order valence-electron chi connectivity index (χ1n) is 3.74. The van der Waals surface area contributed by atoms with E-state index in [-0.39, 0.29) is 23.4 Å². The van der Waals surface area contributed by atoms with Crippen LogP contribution in [0.2, 0.25) is 0 Å². The van der Waals surface area contributed by atoms with Crippen molar-refractivity contribution in [2.24, 2.45) is 0 Å². The number of aromatic hydroxyl groups is 1. The molecule has 0 aliphatic heterocycles. The Morgan fingerprint density at radius 1 is 1.77 bits per heavy atom. The number of anilines is 2. The third-order valence-electron chi connectivity index (χ3n) is 1.37. The highest BCUT2D eigenvalue weighted by molar-refractivity contribution is 5.88. The van der Waals surface area contributed by atoms with Gasteiger partial charge in [-0.1, -0.05) is 6.92 Å². The molecule has 70 valence electrons. The van der Waals surface area contributed by atoms with Gasteiger partial charge in [-0.25, -0.2) is 4.98 Å². The number of nitrogens with one attached hydrogen (secondary N) is 1. The molecule has 0 aromatic carbocycles. The number of nitrogens with two attached hydrogens (primary N) is 1. The molecule has 0 saturated heterocycles. The van der Waals surface area contributed by atoms with Crippen molar-refractivity contribution in [2.75, 3.05) is 11.1 Å². The molecule has 0 radical (unpaired) electrons. The van der Waals surface area contributed by atoms with Crippen LogP contribution in [-0.4, -0.2) is 21.0 Å². The normalized spacial score (nSPS) is 9.62. The zero-order valence-corrected chi connectivity index (χ0v) is 7.11. The second-order valence-electron chi connectivity index (χ2n) is 2.37. The van der Waals surface area contributed by atoms with E-state index in [1.54, 1.807) is 6.92 Å². The van der Waals surface area contributed by atoms with Crippen molar-refractivity contribution < 1.29 is 9.90 Å². The first kappa shape index (κ1) is 9.24. The van der Waals surface area contributed by atoms with Crippen molar-refractivity contribution in [1.82, 2.24) is 9.97 Å². The highest BCUT2D eigenvalue weighted by Crippen LogP contribution is 2.15. The van der Waals surface area contributed by atoms with Crippen molar-refractivity contribution in [3.63, 3.8) is 0 Å². The fourth-order valence-corrected chi connectivity index (χ4v) is 0.655. The van der Waals surface area contributed by atoms with Gasteiger partial charge in [0, 0.05) is 6.42 Å².